The Morgan fingerprint density at radius 1 is 1.23 bits per heavy atom. The lowest BCUT2D eigenvalue weighted by Gasteiger charge is -2.32. The molecule has 3 rings (SSSR count). The number of amides is 2. The predicted molar refractivity (Wildman–Crippen MR) is 103 cm³/mol. The van der Waals surface area contributed by atoms with E-state index in [1.54, 1.807) is 30.3 Å². The standard InChI is InChI=1S/C19H19Cl2N3O2/c1-12-15(21)3-2-4-16(12)23-18(25)10-24-11-22-17(9-19(24)26)13-5-7-14(20)8-6-13/h2-8,17,22H,9-11H2,1H3,(H,23,25). The second-order valence-electron chi connectivity index (χ2n) is 6.22. The molecule has 2 aromatic carbocycles. The molecule has 0 aliphatic carbocycles. The molecule has 1 aliphatic heterocycles. The lowest BCUT2D eigenvalue weighted by atomic mass is 10.0. The summed E-state index contributed by atoms with van der Waals surface area (Å²) in [6.45, 7) is 2.14. The van der Waals surface area contributed by atoms with E-state index in [1.165, 1.54) is 4.90 Å². The van der Waals surface area contributed by atoms with Gasteiger partial charge in [-0.25, -0.2) is 0 Å². The van der Waals surface area contributed by atoms with Crippen molar-refractivity contribution in [2.75, 3.05) is 18.5 Å². The van der Waals surface area contributed by atoms with Crippen LogP contribution in [0.3, 0.4) is 0 Å². The van der Waals surface area contributed by atoms with Crippen molar-refractivity contribution in [3.05, 3.63) is 63.6 Å². The van der Waals surface area contributed by atoms with Gasteiger partial charge in [-0.15, -0.1) is 0 Å². The molecule has 0 aromatic heterocycles. The second-order valence-corrected chi connectivity index (χ2v) is 7.07. The SMILES string of the molecule is Cc1c(Cl)cccc1NC(=O)CN1CNC(c2ccc(Cl)cc2)CC1=O. The van der Waals surface area contributed by atoms with Gasteiger partial charge >= 0.3 is 0 Å². The second kappa shape index (κ2) is 8.08. The van der Waals surface area contributed by atoms with Crippen LogP contribution in [0.4, 0.5) is 5.69 Å². The molecule has 7 heteroatoms. The number of carbonyl (C=O) groups excluding carboxylic acids is 2. The molecule has 26 heavy (non-hydrogen) atoms. The number of rotatable bonds is 4. The number of nitrogens with one attached hydrogen (secondary N) is 2. The van der Waals surface area contributed by atoms with E-state index in [0.717, 1.165) is 11.1 Å². The molecule has 5 nitrogen and oxygen atoms in total. The summed E-state index contributed by atoms with van der Waals surface area (Å²) in [7, 11) is 0. The number of anilines is 1. The number of halogens is 2. The lowest BCUT2D eigenvalue weighted by Crippen LogP contribution is -2.49. The topological polar surface area (TPSA) is 61.4 Å². The van der Waals surface area contributed by atoms with Crippen molar-refractivity contribution < 1.29 is 9.59 Å². The first-order chi connectivity index (χ1) is 12.4. The summed E-state index contributed by atoms with van der Waals surface area (Å²) in [5, 5.41) is 7.34. The first kappa shape index (κ1) is 18.7. The molecule has 136 valence electrons. The Hall–Kier alpha value is -2.08. The Balaban J connectivity index is 1.58. The van der Waals surface area contributed by atoms with E-state index in [-0.39, 0.29) is 24.4 Å². The maximum absolute atomic E-state index is 12.4. The van der Waals surface area contributed by atoms with Crippen LogP contribution in [0, 0.1) is 6.92 Å². The molecular weight excluding hydrogens is 373 g/mol. The van der Waals surface area contributed by atoms with Crippen molar-refractivity contribution in [3.63, 3.8) is 0 Å². The summed E-state index contributed by atoms with van der Waals surface area (Å²) in [5.74, 6) is -0.322. The molecule has 2 amide bonds. The average Bonchev–Trinajstić information content (AvgIpc) is 2.61. The number of hydrogen-bond donors (Lipinski definition) is 2. The fraction of sp³-hybridized carbons (Fsp3) is 0.263. The molecule has 1 heterocycles. The van der Waals surface area contributed by atoms with Gasteiger partial charge in [0.2, 0.25) is 11.8 Å². The number of carbonyl (C=O) groups is 2. The van der Waals surface area contributed by atoms with Gasteiger partial charge in [0.15, 0.2) is 0 Å². The van der Waals surface area contributed by atoms with E-state index in [1.807, 2.05) is 19.1 Å². The maximum Gasteiger partial charge on any atom is 0.244 e. The zero-order valence-corrected chi connectivity index (χ0v) is 15.8. The van der Waals surface area contributed by atoms with Crippen LogP contribution in [-0.2, 0) is 9.59 Å². The molecule has 0 spiro atoms. The largest absolute Gasteiger partial charge is 0.324 e. The molecule has 0 bridgehead atoms. The monoisotopic (exact) mass is 391 g/mol. The molecule has 1 unspecified atom stereocenters. The fourth-order valence-corrected chi connectivity index (χ4v) is 3.17. The third kappa shape index (κ3) is 4.36. The molecule has 2 aromatic rings. The third-order valence-corrected chi connectivity index (χ3v) is 5.07. The Kier molecular flexibility index (Phi) is 5.81. The van der Waals surface area contributed by atoms with Crippen LogP contribution in [0.25, 0.3) is 0 Å². The van der Waals surface area contributed by atoms with Crippen LogP contribution < -0.4 is 10.6 Å². The quantitative estimate of drug-likeness (QED) is 0.833. The number of nitrogens with zero attached hydrogens (tertiary/aromatic N) is 1. The maximum atomic E-state index is 12.4. The van der Waals surface area contributed by atoms with Crippen LogP contribution in [0.1, 0.15) is 23.6 Å². The van der Waals surface area contributed by atoms with E-state index in [2.05, 4.69) is 10.6 Å². The summed E-state index contributed by atoms with van der Waals surface area (Å²) in [4.78, 5) is 26.2. The highest BCUT2D eigenvalue weighted by Gasteiger charge is 2.27. The van der Waals surface area contributed by atoms with E-state index in [4.69, 9.17) is 23.2 Å². The minimum atomic E-state index is -0.254. The Labute approximate surface area is 162 Å². The predicted octanol–water partition coefficient (Wildman–Crippen LogP) is 3.76. The van der Waals surface area contributed by atoms with Gasteiger partial charge in [-0.05, 0) is 42.3 Å². The van der Waals surface area contributed by atoms with Gasteiger partial charge in [0.1, 0.15) is 6.54 Å². The van der Waals surface area contributed by atoms with Crippen LogP contribution >= 0.6 is 23.2 Å². The summed E-state index contributed by atoms with van der Waals surface area (Å²) >= 11 is 12.0. The molecular formula is C19H19Cl2N3O2. The van der Waals surface area contributed by atoms with Crippen molar-refractivity contribution in [2.24, 2.45) is 0 Å². The third-order valence-electron chi connectivity index (χ3n) is 4.41. The van der Waals surface area contributed by atoms with Crippen molar-refractivity contribution in [2.45, 2.75) is 19.4 Å². The van der Waals surface area contributed by atoms with Crippen LogP contribution in [-0.4, -0.2) is 29.9 Å². The van der Waals surface area contributed by atoms with E-state index >= 15 is 0 Å². The minimum Gasteiger partial charge on any atom is -0.324 e. The van der Waals surface area contributed by atoms with Crippen LogP contribution in [0.2, 0.25) is 10.0 Å². The smallest absolute Gasteiger partial charge is 0.244 e. The van der Waals surface area contributed by atoms with E-state index < -0.39 is 0 Å². The molecule has 1 fully saturated rings. The highest BCUT2D eigenvalue weighted by atomic mass is 35.5. The number of benzene rings is 2. The molecule has 0 radical (unpaired) electrons. The van der Waals surface area contributed by atoms with Crippen molar-refractivity contribution >= 4 is 40.7 Å². The Bertz CT molecular complexity index is 824. The van der Waals surface area contributed by atoms with Gasteiger partial charge in [0.25, 0.3) is 0 Å². The highest BCUT2D eigenvalue weighted by Crippen LogP contribution is 2.24. The van der Waals surface area contributed by atoms with Gasteiger partial charge in [-0.3, -0.25) is 14.9 Å². The normalized spacial score (nSPS) is 17.3. The van der Waals surface area contributed by atoms with Crippen molar-refractivity contribution in [3.8, 4) is 0 Å². The molecule has 1 saturated heterocycles. The molecule has 1 aliphatic rings. The zero-order chi connectivity index (χ0) is 18.7. The Morgan fingerprint density at radius 3 is 2.65 bits per heavy atom. The van der Waals surface area contributed by atoms with Crippen molar-refractivity contribution in [1.29, 1.82) is 0 Å². The van der Waals surface area contributed by atoms with Crippen LogP contribution in [0.5, 0.6) is 0 Å². The summed E-state index contributed by atoms with van der Waals surface area (Å²) in [6, 6.07) is 12.7. The van der Waals surface area contributed by atoms with E-state index in [9.17, 15) is 9.59 Å². The first-order valence-electron chi connectivity index (χ1n) is 8.25. The number of hydrogen-bond acceptors (Lipinski definition) is 3. The highest BCUT2D eigenvalue weighted by molar-refractivity contribution is 6.31. The summed E-state index contributed by atoms with van der Waals surface area (Å²) in [5.41, 5.74) is 2.45. The van der Waals surface area contributed by atoms with Gasteiger partial charge in [0.05, 0.1) is 6.67 Å². The Morgan fingerprint density at radius 2 is 1.96 bits per heavy atom. The van der Waals surface area contributed by atoms with Gasteiger partial charge < -0.3 is 10.2 Å². The van der Waals surface area contributed by atoms with Gasteiger partial charge in [0, 0.05) is 28.2 Å². The first-order valence-corrected chi connectivity index (χ1v) is 9.01. The molecule has 2 N–H and O–H groups in total. The van der Waals surface area contributed by atoms with Crippen molar-refractivity contribution in [1.82, 2.24) is 10.2 Å². The zero-order valence-electron chi connectivity index (χ0n) is 14.3. The average molecular weight is 392 g/mol. The fourth-order valence-electron chi connectivity index (χ4n) is 2.87. The van der Waals surface area contributed by atoms with Crippen LogP contribution in [0.15, 0.2) is 42.5 Å². The minimum absolute atomic E-state index is 0.00881. The van der Waals surface area contributed by atoms with Gasteiger partial charge in [-0.1, -0.05) is 41.4 Å². The molecule has 1 atom stereocenters. The lowest BCUT2D eigenvalue weighted by molar-refractivity contribution is -0.138. The summed E-state index contributed by atoms with van der Waals surface area (Å²) < 4.78 is 0. The van der Waals surface area contributed by atoms with E-state index in [0.29, 0.717) is 28.8 Å². The van der Waals surface area contributed by atoms with Gasteiger partial charge in [-0.2, -0.15) is 0 Å². The molecule has 0 saturated carbocycles. The summed E-state index contributed by atoms with van der Waals surface area (Å²) in [6.07, 6.45) is 0.297.